The van der Waals surface area contributed by atoms with Crippen LogP contribution in [0.3, 0.4) is 0 Å². The van der Waals surface area contributed by atoms with Gasteiger partial charge < -0.3 is 9.47 Å². The Morgan fingerprint density at radius 3 is 1.87 bits per heavy atom. The van der Waals surface area contributed by atoms with E-state index in [-0.39, 0.29) is 6.61 Å². The Kier molecular flexibility index (Phi) is 6.85. The normalized spacial score (nSPS) is 12.0. The fourth-order valence-corrected chi connectivity index (χ4v) is 2.09. The molecule has 124 valence electrons. The lowest BCUT2D eigenvalue weighted by atomic mass is 10.0. The average Bonchev–Trinajstić information content (AvgIpc) is 2.60. The highest BCUT2D eigenvalue weighted by atomic mass is 19.2. The van der Waals surface area contributed by atoms with Crippen molar-refractivity contribution < 1.29 is 18.3 Å². The quantitative estimate of drug-likeness (QED) is 0.663. The summed E-state index contributed by atoms with van der Waals surface area (Å²) in [4.78, 5) is 0. The van der Waals surface area contributed by atoms with Crippen LogP contribution in [0.5, 0.6) is 11.5 Å². The first-order chi connectivity index (χ1) is 11.2. The molecule has 1 unspecified atom stereocenters. The third-order valence-corrected chi connectivity index (χ3v) is 3.33. The van der Waals surface area contributed by atoms with E-state index >= 15 is 0 Å². The molecule has 0 N–H and O–H groups in total. The first-order valence-corrected chi connectivity index (χ1v) is 7.84. The minimum atomic E-state index is -1.57. The van der Waals surface area contributed by atoms with E-state index in [0.717, 1.165) is 30.8 Å². The fraction of sp³-hybridized carbons (Fsp3) is 0.368. The molecular formula is C19H22F2O2. The number of hydrogen-bond donors (Lipinski definition) is 0. The van der Waals surface area contributed by atoms with Crippen molar-refractivity contribution in [2.45, 2.75) is 25.9 Å². The lowest BCUT2D eigenvalue weighted by Gasteiger charge is -2.09. The average molecular weight is 320 g/mol. The number of ether oxygens (including phenoxy) is 2. The van der Waals surface area contributed by atoms with Crippen molar-refractivity contribution in [1.29, 1.82) is 0 Å². The highest BCUT2D eigenvalue weighted by molar-refractivity contribution is 5.34. The molecule has 0 saturated carbocycles. The maximum absolute atomic E-state index is 12.8. The Balaban J connectivity index is 1.87. The van der Waals surface area contributed by atoms with Crippen LogP contribution in [-0.4, -0.2) is 26.1 Å². The Hall–Kier alpha value is -2.10. The summed E-state index contributed by atoms with van der Waals surface area (Å²) in [6.07, 6.45) is 0.220. The third-order valence-electron chi connectivity index (χ3n) is 3.33. The lowest BCUT2D eigenvalue weighted by Crippen LogP contribution is -2.14. The van der Waals surface area contributed by atoms with Gasteiger partial charge >= 0.3 is 0 Å². The number of halogens is 2. The van der Waals surface area contributed by atoms with Crippen molar-refractivity contribution in [3.63, 3.8) is 0 Å². The maximum Gasteiger partial charge on any atom is 0.162 e. The van der Waals surface area contributed by atoms with E-state index in [1.807, 2.05) is 36.4 Å². The van der Waals surface area contributed by atoms with Crippen LogP contribution in [0, 0.1) is 0 Å². The topological polar surface area (TPSA) is 18.5 Å². The summed E-state index contributed by atoms with van der Waals surface area (Å²) in [7, 11) is 0. The zero-order valence-electron chi connectivity index (χ0n) is 13.3. The summed E-state index contributed by atoms with van der Waals surface area (Å²) in [5, 5.41) is 0. The second-order valence-corrected chi connectivity index (χ2v) is 5.38. The molecule has 2 rings (SSSR count). The summed E-state index contributed by atoms with van der Waals surface area (Å²) >= 11 is 0. The molecule has 0 aromatic heterocycles. The first kappa shape index (κ1) is 17.3. The predicted molar refractivity (Wildman–Crippen MR) is 87.8 cm³/mol. The molecule has 2 aromatic rings. The van der Waals surface area contributed by atoms with Crippen LogP contribution in [0.1, 0.15) is 24.5 Å². The molecule has 23 heavy (non-hydrogen) atoms. The lowest BCUT2D eigenvalue weighted by molar-refractivity contribution is 0.166. The summed E-state index contributed by atoms with van der Waals surface area (Å²) in [5.74, 6) is 1.43. The molecule has 0 radical (unpaired) electrons. The van der Waals surface area contributed by atoms with Gasteiger partial charge in [-0.15, -0.1) is 0 Å². The van der Waals surface area contributed by atoms with Crippen molar-refractivity contribution in [2.75, 3.05) is 19.9 Å². The molecule has 0 bridgehead atoms. The van der Waals surface area contributed by atoms with Crippen molar-refractivity contribution in [1.82, 2.24) is 0 Å². The van der Waals surface area contributed by atoms with Gasteiger partial charge in [-0.25, -0.2) is 8.78 Å². The van der Waals surface area contributed by atoms with Crippen LogP contribution >= 0.6 is 0 Å². The van der Waals surface area contributed by atoms with E-state index < -0.39 is 12.8 Å². The Labute approximate surface area is 136 Å². The molecule has 1 atom stereocenters. The van der Waals surface area contributed by atoms with E-state index in [1.54, 1.807) is 12.1 Å². The van der Waals surface area contributed by atoms with Crippen molar-refractivity contribution in [3.8, 4) is 11.5 Å². The zero-order valence-corrected chi connectivity index (χ0v) is 13.3. The van der Waals surface area contributed by atoms with E-state index in [9.17, 15) is 8.78 Å². The van der Waals surface area contributed by atoms with E-state index in [2.05, 4.69) is 6.92 Å². The Morgan fingerprint density at radius 2 is 1.39 bits per heavy atom. The minimum absolute atomic E-state index is 0.255. The molecule has 0 aliphatic rings. The molecule has 2 aromatic carbocycles. The first-order valence-electron chi connectivity index (χ1n) is 7.84. The van der Waals surface area contributed by atoms with Gasteiger partial charge in [-0.2, -0.15) is 0 Å². The summed E-state index contributed by atoms with van der Waals surface area (Å²) in [6.45, 7) is 1.53. The van der Waals surface area contributed by atoms with Crippen molar-refractivity contribution >= 4 is 0 Å². The fourth-order valence-electron chi connectivity index (χ4n) is 2.09. The van der Waals surface area contributed by atoms with Crippen LogP contribution in [0.4, 0.5) is 8.78 Å². The maximum atomic E-state index is 12.8. The predicted octanol–water partition coefficient (Wildman–Crippen LogP) is 4.75. The molecule has 0 spiro atoms. The van der Waals surface area contributed by atoms with E-state index in [0.29, 0.717) is 5.75 Å². The number of benzene rings is 2. The SMILES string of the molecule is CCCOc1ccc(Cc2ccc(OCC(F)CF)cc2)cc1. The summed E-state index contributed by atoms with van der Waals surface area (Å²) < 4.78 is 35.6. The number of hydrogen-bond acceptors (Lipinski definition) is 2. The Morgan fingerprint density at radius 1 is 0.870 bits per heavy atom. The second kappa shape index (κ2) is 9.13. The van der Waals surface area contributed by atoms with Gasteiger partial charge in [-0.05, 0) is 48.2 Å². The van der Waals surface area contributed by atoms with Gasteiger partial charge in [0, 0.05) is 0 Å². The molecule has 0 saturated heterocycles. The van der Waals surface area contributed by atoms with Gasteiger partial charge in [0.15, 0.2) is 6.17 Å². The highest BCUT2D eigenvalue weighted by Gasteiger charge is 2.06. The van der Waals surface area contributed by atoms with Crippen LogP contribution in [0.2, 0.25) is 0 Å². The van der Waals surface area contributed by atoms with E-state index in [1.165, 1.54) is 5.56 Å². The molecule has 4 heteroatoms. The van der Waals surface area contributed by atoms with Gasteiger partial charge in [-0.3, -0.25) is 0 Å². The van der Waals surface area contributed by atoms with Gasteiger partial charge in [0.05, 0.1) is 6.61 Å². The Bertz CT molecular complexity index is 567. The standard InChI is InChI=1S/C19H22F2O2/c1-2-11-22-18-7-3-15(4-8-18)12-16-5-9-19(10-6-16)23-14-17(21)13-20/h3-10,17H,2,11-14H2,1H3. The van der Waals surface area contributed by atoms with Crippen LogP contribution in [-0.2, 0) is 6.42 Å². The third kappa shape index (κ3) is 5.89. The van der Waals surface area contributed by atoms with Crippen molar-refractivity contribution in [3.05, 3.63) is 59.7 Å². The molecule has 0 amide bonds. The smallest absolute Gasteiger partial charge is 0.162 e. The van der Waals surface area contributed by atoms with E-state index in [4.69, 9.17) is 9.47 Å². The highest BCUT2D eigenvalue weighted by Crippen LogP contribution is 2.18. The van der Waals surface area contributed by atoms with Crippen LogP contribution < -0.4 is 9.47 Å². The largest absolute Gasteiger partial charge is 0.494 e. The molecule has 0 aliphatic carbocycles. The minimum Gasteiger partial charge on any atom is -0.494 e. The molecule has 2 nitrogen and oxygen atoms in total. The molecule has 0 fully saturated rings. The van der Waals surface area contributed by atoms with Gasteiger partial charge in [0.25, 0.3) is 0 Å². The molecule has 0 heterocycles. The monoisotopic (exact) mass is 320 g/mol. The second-order valence-electron chi connectivity index (χ2n) is 5.38. The zero-order chi connectivity index (χ0) is 16.5. The van der Waals surface area contributed by atoms with Crippen molar-refractivity contribution in [2.24, 2.45) is 0 Å². The summed E-state index contributed by atoms with van der Waals surface area (Å²) in [5.41, 5.74) is 2.31. The molecule has 0 aliphatic heterocycles. The number of rotatable bonds is 9. The van der Waals surface area contributed by atoms with Gasteiger partial charge in [0.2, 0.25) is 0 Å². The molecular weight excluding hydrogens is 298 g/mol. The summed E-state index contributed by atoms with van der Waals surface area (Å²) in [6, 6.07) is 15.5. The van der Waals surface area contributed by atoms with Gasteiger partial charge in [-0.1, -0.05) is 31.2 Å². The van der Waals surface area contributed by atoms with Gasteiger partial charge in [0.1, 0.15) is 24.8 Å². The number of alkyl halides is 2. The van der Waals surface area contributed by atoms with Crippen LogP contribution in [0.25, 0.3) is 0 Å². The van der Waals surface area contributed by atoms with Crippen LogP contribution in [0.15, 0.2) is 48.5 Å².